The van der Waals surface area contributed by atoms with Crippen LogP contribution in [-0.4, -0.2) is 36.8 Å². The van der Waals surface area contributed by atoms with E-state index in [1.54, 1.807) is 0 Å². The van der Waals surface area contributed by atoms with Crippen molar-refractivity contribution >= 4 is 11.8 Å². The second kappa shape index (κ2) is 8.62. The topological polar surface area (TPSA) is 21.3 Å². The highest BCUT2D eigenvalue weighted by Gasteiger charge is 2.23. The lowest BCUT2D eigenvalue weighted by molar-refractivity contribution is 0.0449. The average molecular weight is 279 g/mol. The maximum atomic E-state index is 5.94. The number of hydrogen-bond acceptors (Lipinski definition) is 3. The molecule has 2 rings (SSSR count). The number of rotatable bonds is 7. The second-order valence-electron chi connectivity index (χ2n) is 5.07. The number of thioether (sulfide) groups is 1. The van der Waals surface area contributed by atoms with Crippen molar-refractivity contribution < 1.29 is 4.74 Å². The summed E-state index contributed by atoms with van der Waals surface area (Å²) in [5.41, 5.74) is 1.43. The Morgan fingerprint density at radius 1 is 1.37 bits per heavy atom. The fourth-order valence-corrected chi connectivity index (χ4v) is 3.40. The molecule has 0 saturated carbocycles. The minimum atomic E-state index is 0.383. The Balaban J connectivity index is 1.85. The van der Waals surface area contributed by atoms with Gasteiger partial charge >= 0.3 is 0 Å². The van der Waals surface area contributed by atoms with Crippen molar-refractivity contribution in [2.45, 2.75) is 38.3 Å². The maximum absolute atomic E-state index is 5.94. The van der Waals surface area contributed by atoms with Gasteiger partial charge in [-0.2, -0.15) is 11.8 Å². The quantitative estimate of drug-likeness (QED) is 0.828. The zero-order valence-electron chi connectivity index (χ0n) is 11.8. The normalized spacial score (nSPS) is 21.2. The summed E-state index contributed by atoms with van der Waals surface area (Å²) in [7, 11) is 0. The van der Waals surface area contributed by atoms with Crippen LogP contribution in [0.3, 0.4) is 0 Å². The summed E-state index contributed by atoms with van der Waals surface area (Å²) in [6, 6.07) is 11.2. The molecule has 0 aromatic heterocycles. The molecule has 3 heteroatoms. The first-order chi connectivity index (χ1) is 9.40. The van der Waals surface area contributed by atoms with Crippen LogP contribution in [0, 0.1) is 0 Å². The summed E-state index contributed by atoms with van der Waals surface area (Å²) in [6.45, 7) is 4.21. The smallest absolute Gasteiger partial charge is 0.0818 e. The Bertz CT molecular complexity index is 338. The van der Waals surface area contributed by atoms with Gasteiger partial charge in [0.1, 0.15) is 0 Å². The van der Waals surface area contributed by atoms with Gasteiger partial charge in [0.2, 0.25) is 0 Å². The van der Waals surface area contributed by atoms with Crippen LogP contribution in [0.1, 0.15) is 25.3 Å². The highest BCUT2D eigenvalue weighted by molar-refractivity contribution is 7.99. The van der Waals surface area contributed by atoms with Crippen LogP contribution >= 0.6 is 11.8 Å². The molecule has 1 aromatic carbocycles. The molecule has 2 nitrogen and oxygen atoms in total. The van der Waals surface area contributed by atoms with Gasteiger partial charge in [-0.05, 0) is 31.4 Å². The molecular weight excluding hydrogens is 254 g/mol. The third-order valence-corrected chi connectivity index (χ3v) is 4.55. The molecular formula is C16H25NOS. The number of benzene rings is 1. The van der Waals surface area contributed by atoms with Crippen molar-refractivity contribution in [3.63, 3.8) is 0 Å². The molecule has 0 amide bonds. The standard InChI is InChI=1S/C16H25NOS/c1-2-10-17-15(16-13-19-12-11-18-16)9-8-14-6-4-3-5-7-14/h3-7,15-17H,2,8-13H2,1H3. The summed E-state index contributed by atoms with van der Waals surface area (Å²) < 4.78 is 5.94. The van der Waals surface area contributed by atoms with Gasteiger partial charge in [-0.3, -0.25) is 0 Å². The van der Waals surface area contributed by atoms with Gasteiger partial charge in [-0.25, -0.2) is 0 Å². The van der Waals surface area contributed by atoms with Crippen molar-refractivity contribution in [1.82, 2.24) is 5.32 Å². The lowest BCUT2D eigenvalue weighted by Crippen LogP contribution is -2.45. The zero-order valence-corrected chi connectivity index (χ0v) is 12.6. The van der Waals surface area contributed by atoms with Crippen LogP contribution in [-0.2, 0) is 11.2 Å². The number of aryl methyl sites for hydroxylation is 1. The van der Waals surface area contributed by atoms with Crippen LogP contribution in [0.25, 0.3) is 0 Å². The predicted molar refractivity (Wildman–Crippen MR) is 83.9 cm³/mol. The molecule has 2 atom stereocenters. The summed E-state index contributed by atoms with van der Waals surface area (Å²) in [5.74, 6) is 2.28. The SMILES string of the molecule is CCCNC(CCc1ccccc1)C1CSCCO1. The molecule has 106 valence electrons. The molecule has 0 radical (unpaired) electrons. The summed E-state index contributed by atoms with van der Waals surface area (Å²) in [5, 5.41) is 3.67. The molecule has 0 spiro atoms. The van der Waals surface area contributed by atoms with Crippen LogP contribution in [0.15, 0.2) is 30.3 Å². The molecule has 1 N–H and O–H groups in total. The van der Waals surface area contributed by atoms with Crippen LogP contribution in [0.5, 0.6) is 0 Å². The molecule has 19 heavy (non-hydrogen) atoms. The fraction of sp³-hybridized carbons (Fsp3) is 0.625. The Morgan fingerprint density at radius 2 is 2.21 bits per heavy atom. The van der Waals surface area contributed by atoms with E-state index in [0.717, 1.165) is 37.5 Å². The predicted octanol–water partition coefficient (Wildman–Crippen LogP) is 3.12. The van der Waals surface area contributed by atoms with Crippen molar-refractivity contribution in [2.24, 2.45) is 0 Å². The van der Waals surface area contributed by atoms with Gasteiger partial charge in [0.05, 0.1) is 12.7 Å². The van der Waals surface area contributed by atoms with E-state index in [-0.39, 0.29) is 0 Å². The minimum Gasteiger partial charge on any atom is -0.375 e. The Labute approximate surface area is 121 Å². The van der Waals surface area contributed by atoms with E-state index in [2.05, 4.69) is 42.6 Å². The molecule has 1 heterocycles. The minimum absolute atomic E-state index is 0.383. The monoisotopic (exact) mass is 279 g/mol. The maximum Gasteiger partial charge on any atom is 0.0818 e. The van der Waals surface area contributed by atoms with Crippen molar-refractivity contribution in [1.29, 1.82) is 0 Å². The van der Waals surface area contributed by atoms with Crippen LogP contribution in [0.2, 0.25) is 0 Å². The van der Waals surface area contributed by atoms with E-state index in [4.69, 9.17) is 4.74 Å². The molecule has 1 aromatic rings. The molecule has 1 aliphatic heterocycles. The average Bonchev–Trinajstić information content (AvgIpc) is 2.49. The van der Waals surface area contributed by atoms with Gasteiger partial charge in [0.25, 0.3) is 0 Å². The highest BCUT2D eigenvalue weighted by atomic mass is 32.2. The largest absolute Gasteiger partial charge is 0.375 e. The van der Waals surface area contributed by atoms with E-state index >= 15 is 0 Å². The summed E-state index contributed by atoms with van der Waals surface area (Å²) in [6.07, 6.45) is 3.86. The van der Waals surface area contributed by atoms with Crippen LogP contribution in [0.4, 0.5) is 0 Å². The molecule has 0 bridgehead atoms. The lowest BCUT2D eigenvalue weighted by Gasteiger charge is -2.31. The van der Waals surface area contributed by atoms with E-state index in [0.29, 0.717) is 12.1 Å². The van der Waals surface area contributed by atoms with E-state index in [1.807, 2.05) is 11.8 Å². The number of hydrogen-bond donors (Lipinski definition) is 1. The molecule has 1 fully saturated rings. The first kappa shape index (κ1) is 14.9. The molecule has 1 saturated heterocycles. The van der Waals surface area contributed by atoms with Gasteiger partial charge in [-0.15, -0.1) is 0 Å². The van der Waals surface area contributed by atoms with Crippen LogP contribution < -0.4 is 5.32 Å². The Morgan fingerprint density at radius 3 is 2.89 bits per heavy atom. The van der Waals surface area contributed by atoms with E-state index in [1.165, 1.54) is 12.0 Å². The third kappa shape index (κ3) is 5.17. The fourth-order valence-electron chi connectivity index (χ4n) is 2.45. The van der Waals surface area contributed by atoms with Crippen molar-refractivity contribution in [2.75, 3.05) is 24.7 Å². The van der Waals surface area contributed by atoms with Crippen molar-refractivity contribution in [3.8, 4) is 0 Å². The summed E-state index contributed by atoms with van der Waals surface area (Å²) in [4.78, 5) is 0. The Kier molecular flexibility index (Phi) is 6.75. The highest BCUT2D eigenvalue weighted by Crippen LogP contribution is 2.18. The van der Waals surface area contributed by atoms with Crippen molar-refractivity contribution in [3.05, 3.63) is 35.9 Å². The number of ether oxygens (including phenoxy) is 1. The number of nitrogens with one attached hydrogen (secondary N) is 1. The summed E-state index contributed by atoms with van der Waals surface area (Å²) >= 11 is 2.02. The molecule has 1 aliphatic rings. The van der Waals surface area contributed by atoms with Gasteiger partial charge < -0.3 is 10.1 Å². The first-order valence-corrected chi connectivity index (χ1v) is 8.52. The Hall–Kier alpha value is -0.510. The van der Waals surface area contributed by atoms with Gasteiger partial charge in [0, 0.05) is 17.5 Å². The van der Waals surface area contributed by atoms with E-state index in [9.17, 15) is 0 Å². The molecule has 0 aliphatic carbocycles. The second-order valence-corrected chi connectivity index (χ2v) is 6.22. The third-order valence-electron chi connectivity index (χ3n) is 3.53. The molecule has 2 unspecified atom stereocenters. The van der Waals surface area contributed by atoms with E-state index < -0.39 is 0 Å². The van der Waals surface area contributed by atoms with Gasteiger partial charge in [0.15, 0.2) is 0 Å². The lowest BCUT2D eigenvalue weighted by atomic mass is 10.0. The zero-order chi connectivity index (χ0) is 13.3. The first-order valence-electron chi connectivity index (χ1n) is 7.37. The van der Waals surface area contributed by atoms with Gasteiger partial charge in [-0.1, -0.05) is 37.3 Å².